The molecule has 1 aliphatic heterocycles. The van der Waals surface area contributed by atoms with Gasteiger partial charge in [0.15, 0.2) is 0 Å². The van der Waals surface area contributed by atoms with Crippen molar-refractivity contribution in [2.24, 2.45) is 0 Å². The highest BCUT2D eigenvalue weighted by molar-refractivity contribution is 7.88. The summed E-state index contributed by atoms with van der Waals surface area (Å²) in [7, 11) is -7.05. The predicted octanol–water partition coefficient (Wildman–Crippen LogP) is 5.39. The molecule has 4 aromatic carbocycles. The fourth-order valence-electron chi connectivity index (χ4n) is 6.91. The number of rotatable bonds is 3. The third-order valence-electron chi connectivity index (χ3n) is 9.28. The second-order valence-corrected chi connectivity index (χ2v) is 13.4. The minimum Gasteiger partial charge on any atom is -0.399 e. The first-order valence-electron chi connectivity index (χ1n) is 12.6. The van der Waals surface area contributed by atoms with Crippen molar-refractivity contribution in [3.63, 3.8) is 0 Å². The SMILES string of the molecule is CC1(C)OB(c2c(OS(=O)(=O)C(F)(F)F)c3c4c5c(ccc6c5c5c(ccc7c5c4c2C7)C6)C3)OC1(C)C. The van der Waals surface area contributed by atoms with Gasteiger partial charge in [-0.05, 0) is 101 Å². The van der Waals surface area contributed by atoms with Crippen LogP contribution in [0.15, 0.2) is 24.3 Å². The Morgan fingerprint density at radius 1 is 0.737 bits per heavy atom. The topological polar surface area (TPSA) is 61.8 Å². The summed E-state index contributed by atoms with van der Waals surface area (Å²) in [5, 5.41) is 6.17. The molecule has 5 nitrogen and oxygen atoms in total. The second kappa shape index (κ2) is 6.49. The summed E-state index contributed by atoms with van der Waals surface area (Å²) >= 11 is 0. The number of alkyl halides is 3. The Hall–Kier alpha value is -2.82. The molecule has 3 aliphatic carbocycles. The standard InChI is InChI=1S/C28H22BF3O5S/c1-26(2)27(3,4)37-29(36-26)24-16-10-14-7-5-12-9-13-6-8-15-11-17(25(24)35-38(33,34)28(30,31)32)23-21(15)19(13)18(12)20(14)22(16)23/h5-8H,9-11H2,1-4H3. The summed E-state index contributed by atoms with van der Waals surface area (Å²) in [6, 6.07) is 8.29. The van der Waals surface area contributed by atoms with Crippen LogP contribution in [-0.2, 0) is 38.7 Å². The van der Waals surface area contributed by atoms with Gasteiger partial charge in [0.2, 0.25) is 0 Å². The lowest BCUT2D eigenvalue weighted by molar-refractivity contribution is -0.0500. The van der Waals surface area contributed by atoms with Crippen LogP contribution >= 0.6 is 0 Å². The zero-order valence-electron chi connectivity index (χ0n) is 21.1. The van der Waals surface area contributed by atoms with Gasteiger partial charge in [-0.2, -0.15) is 21.6 Å². The van der Waals surface area contributed by atoms with E-state index in [-0.39, 0.29) is 17.6 Å². The van der Waals surface area contributed by atoms with Gasteiger partial charge in [-0.1, -0.05) is 24.3 Å². The molecule has 0 radical (unpaired) electrons. The molecule has 0 bridgehead atoms. The molecule has 0 aromatic heterocycles. The van der Waals surface area contributed by atoms with Gasteiger partial charge in [-0.3, -0.25) is 0 Å². The molecule has 1 saturated heterocycles. The van der Waals surface area contributed by atoms with Crippen LogP contribution in [0, 0.1) is 0 Å². The van der Waals surface area contributed by atoms with Crippen molar-refractivity contribution < 1.29 is 35.1 Å². The highest BCUT2D eigenvalue weighted by Crippen LogP contribution is 2.55. The van der Waals surface area contributed by atoms with Crippen LogP contribution in [-0.4, -0.2) is 32.2 Å². The van der Waals surface area contributed by atoms with E-state index in [4.69, 9.17) is 13.5 Å². The number of benzene rings is 4. The molecule has 0 spiro atoms. The van der Waals surface area contributed by atoms with E-state index in [9.17, 15) is 21.6 Å². The minimum absolute atomic E-state index is 0.240. The van der Waals surface area contributed by atoms with E-state index in [2.05, 4.69) is 18.2 Å². The van der Waals surface area contributed by atoms with Crippen LogP contribution in [0.2, 0.25) is 0 Å². The molecular formula is C28H22BF3O5S. The Balaban J connectivity index is 1.53. The van der Waals surface area contributed by atoms with Crippen molar-refractivity contribution in [2.45, 2.75) is 63.7 Å². The molecule has 1 fully saturated rings. The van der Waals surface area contributed by atoms with Gasteiger partial charge in [0, 0.05) is 17.4 Å². The Labute approximate surface area is 217 Å². The molecule has 10 heteroatoms. The molecule has 0 amide bonds. The van der Waals surface area contributed by atoms with Crippen molar-refractivity contribution in [3.8, 4) is 5.75 Å². The Kier molecular flexibility index (Phi) is 3.94. The zero-order chi connectivity index (χ0) is 26.7. The molecule has 0 unspecified atom stereocenters. The summed E-state index contributed by atoms with van der Waals surface area (Å²) in [5.74, 6) is -0.311. The smallest absolute Gasteiger partial charge is 0.399 e. The maximum Gasteiger partial charge on any atom is 0.534 e. The number of hydrogen-bond acceptors (Lipinski definition) is 5. The van der Waals surface area contributed by atoms with E-state index in [1.54, 1.807) is 0 Å². The van der Waals surface area contributed by atoms with Crippen molar-refractivity contribution in [2.75, 3.05) is 0 Å². The van der Waals surface area contributed by atoms with Gasteiger partial charge < -0.3 is 13.5 Å². The largest absolute Gasteiger partial charge is 0.534 e. The third kappa shape index (κ3) is 2.55. The van der Waals surface area contributed by atoms with Crippen LogP contribution < -0.4 is 9.65 Å². The fraction of sp³-hybridized carbons (Fsp3) is 0.357. The first-order valence-corrected chi connectivity index (χ1v) is 14.0. The number of hydrogen-bond donors (Lipinski definition) is 0. The van der Waals surface area contributed by atoms with E-state index < -0.39 is 33.9 Å². The fourth-order valence-corrected chi connectivity index (χ4v) is 7.42. The summed E-state index contributed by atoms with van der Waals surface area (Å²) in [6.45, 7) is 7.40. The monoisotopic (exact) mass is 538 g/mol. The molecule has 194 valence electrons. The highest BCUT2D eigenvalue weighted by atomic mass is 32.2. The average molecular weight is 538 g/mol. The molecule has 4 aromatic rings. The van der Waals surface area contributed by atoms with E-state index in [1.807, 2.05) is 33.8 Å². The van der Waals surface area contributed by atoms with Crippen LogP contribution in [0.3, 0.4) is 0 Å². The first-order chi connectivity index (χ1) is 17.7. The van der Waals surface area contributed by atoms with Gasteiger partial charge in [-0.25, -0.2) is 0 Å². The van der Waals surface area contributed by atoms with E-state index >= 15 is 0 Å². The number of halogens is 3. The lowest BCUT2D eigenvalue weighted by atomic mass is 9.72. The molecular weight excluding hydrogens is 516 g/mol. The molecule has 1 heterocycles. The van der Waals surface area contributed by atoms with E-state index in [1.165, 1.54) is 16.5 Å². The Bertz CT molecular complexity index is 1930. The molecule has 38 heavy (non-hydrogen) atoms. The zero-order valence-corrected chi connectivity index (χ0v) is 21.9. The summed E-state index contributed by atoms with van der Waals surface area (Å²) < 4.78 is 83.7. The van der Waals surface area contributed by atoms with Gasteiger partial charge in [0.25, 0.3) is 0 Å². The van der Waals surface area contributed by atoms with E-state index in [0.717, 1.165) is 44.5 Å². The lowest BCUT2D eigenvalue weighted by Gasteiger charge is -2.32. The third-order valence-corrected chi connectivity index (χ3v) is 10.2. The van der Waals surface area contributed by atoms with Gasteiger partial charge in [0.1, 0.15) is 5.75 Å². The first kappa shape index (κ1) is 23.1. The minimum atomic E-state index is -5.95. The maximum absolute atomic E-state index is 13.7. The summed E-state index contributed by atoms with van der Waals surface area (Å²) in [4.78, 5) is 0. The van der Waals surface area contributed by atoms with Gasteiger partial charge >= 0.3 is 22.7 Å². The summed E-state index contributed by atoms with van der Waals surface area (Å²) in [6.07, 6.45) is 1.48. The molecule has 0 N–H and O–H groups in total. The quantitative estimate of drug-likeness (QED) is 0.131. The van der Waals surface area contributed by atoms with Crippen LogP contribution in [0.5, 0.6) is 5.75 Å². The molecule has 4 aliphatic rings. The van der Waals surface area contributed by atoms with Gasteiger partial charge in [-0.15, -0.1) is 0 Å². The molecule has 8 rings (SSSR count). The van der Waals surface area contributed by atoms with Crippen molar-refractivity contribution >= 4 is 55.0 Å². The Morgan fingerprint density at radius 3 is 1.66 bits per heavy atom. The van der Waals surface area contributed by atoms with Crippen molar-refractivity contribution in [1.29, 1.82) is 0 Å². The highest BCUT2D eigenvalue weighted by Gasteiger charge is 2.56. The average Bonchev–Trinajstić information content (AvgIpc) is 3.51. The van der Waals surface area contributed by atoms with Crippen LogP contribution in [0.4, 0.5) is 13.2 Å². The van der Waals surface area contributed by atoms with Crippen LogP contribution in [0.25, 0.3) is 32.3 Å². The normalized spacial score (nSPS) is 20.0. The lowest BCUT2D eigenvalue weighted by Crippen LogP contribution is -2.41. The Morgan fingerprint density at radius 2 is 1.16 bits per heavy atom. The van der Waals surface area contributed by atoms with E-state index in [0.29, 0.717) is 17.5 Å². The maximum atomic E-state index is 13.7. The van der Waals surface area contributed by atoms with Crippen LogP contribution in [0.1, 0.15) is 61.1 Å². The second-order valence-electron chi connectivity index (χ2n) is 11.8. The molecule has 0 atom stereocenters. The predicted molar refractivity (Wildman–Crippen MR) is 139 cm³/mol. The molecule has 0 saturated carbocycles. The summed E-state index contributed by atoms with van der Waals surface area (Å²) in [5.41, 5.74) is -1.34. The van der Waals surface area contributed by atoms with Crippen molar-refractivity contribution in [1.82, 2.24) is 0 Å². The van der Waals surface area contributed by atoms with Crippen molar-refractivity contribution in [3.05, 3.63) is 57.6 Å². The van der Waals surface area contributed by atoms with Gasteiger partial charge in [0.05, 0.1) is 11.2 Å².